The van der Waals surface area contributed by atoms with Gasteiger partial charge in [-0.1, -0.05) is 61.5 Å². The molecule has 12 heteroatoms. The van der Waals surface area contributed by atoms with Crippen LogP contribution in [0, 0.1) is 18.8 Å². The molecule has 0 spiro atoms. The minimum absolute atomic E-state index is 0.00837. The Morgan fingerprint density at radius 1 is 1.00 bits per heavy atom. The second kappa shape index (κ2) is 15.3. The summed E-state index contributed by atoms with van der Waals surface area (Å²) in [5.41, 5.74) is 0.846. The number of hydrogen-bond donors (Lipinski definition) is 4. The van der Waals surface area contributed by atoms with Gasteiger partial charge in [-0.05, 0) is 54.9 Å². The van der Waals surface area contributed by atoms with Crippen molar-refractivity contribution in [1.82, 2.24) is 26.4 Å². The van der Waals surface area contributed by atoms with E-state index >= 15 is 0 Å². The Morgan fingerprint density at radius 2 is 1.71 bits per heavy atom. The molecule has 2 aromatic carbocycles. The number of amides is 4. The average molecular weight is 620 g/mol. The fraction of sp³-hybridized carbons (Fsp3) is 0.455. The van der Waals surface area contributed by atoms with Gasteiger partial charge in [0.15, 0.2) is 5.69 Å². The lowest BCUT2D eigenvalue weighted by Crippen LogP contribution is -2.57. The normalized spacial score (nSPS) is 16.7. The fourth-order valence-corrected chi connectivity index (χ4v) is 5.55. The van der Waals surface area contributed by atoms with Crippen LogP contribution in [0.25, 0.3) is 10.8 Å². The van der Waals surface area contributed by atoms with E-state index in [2.05, 4.69) is 26.4 Å². The van der Waals surface area contributed by atoms with Gasteiger partial charge in [0, 0.05) is 24.9 Å². The highest BCUT2D eigenvalue weighted by molar-refractivity contribution is 5.98. The number of carbonyl (C=O) groups is 5. The minimum Gasteiger partial charge on any atom is -0.467 e. The van der Waals surface area contributed by atoms with Gasteiger partial charge in [0.2, 0.25) is 17.7 Å². The molecule has 1 aliphatic heterocycles. The Labute approximate surface area is 262 Å². The van der Waals surface area contributed by atoms with E-state index in [0.29, 0.717) is 18.7 Å². The third-order valence-electron chi connectivity index (χ3n) is 7.85. The standard InChI is InChI=1S/C33H41N5O7/c1-19(2)15-25(30(40)37-28(33(43)44-4)18-23-12-8-14-34-29(23)39)35-31(41)26(36-32(42)27-16-20(3)45-38-27)17-22-11-7-10-21-9-5-6-13-24(21)22/h5-7,9-11,13,16,19,23,25-26,28H,8,12,14-15,17-18H2,1-4H3,(H,34,39)(H,35,41)(H,36,42)(H,37,40)/t23-,25?,26-,28-/m0/s1. The van der Waals surface area contributed by atoms with Gasteiger partial charge in [0.05, 0.1) is 7.11 Å². The second-order valence-electron chi connectivity index (χ2n) is 11.8. The van der Waals surface area contributed by atoms with Crippen LogP contribution in [-0.2, 0) is 30.3 Å². The lowest BCUT2D eigenvalue weighted by atomic mass is 9.91. The Morgan fingerprint density at radius 3 is 2.40 bits per heavy atom. The second-order valence-corrected chi connectivity index (χ2v) is 11.8. The summed E-state index contributed by atoms with van der Waals surface area (Å²) in [6, 6.07) is 11.7. The molecule has 4 N–H and O–H groups in total. The van der Waals surface area contributed by atoms with Gasteiger partial charge in [-0.15, -0.1) is 0 Å². The van der Waals surface area contributed by atoms with Gasteiger partial charge < -0.3 is 30.5 Å². The van der Waals surface area contributed by atoms with Gasteiger partial charge in [0.1, 0.15) is 23.9 Å². The van der Waals surface area contributed by atoms with Crippen molar-refractivity contribution < 1.29 is 33.2 Å². The van der Waals surface area contributed by atoms with Gasteiger partial charge >= 0.3 is 5.97 Å². The lowest BCUT2D eigenvalue weighted by molar-refractivity contribution is -0.146. The van der Waals surface area contributed by atoms with Crippen LogP contribution in [0.15, 0.2) is 53.1 Å². The number of fused-ring (bicyclic) bond motifs is 1. The first-order chi connectivity index (χ1) is 21.5. The number of methoxy groups -OCH3 is 1. The highest BCUT2D eigenvalue weighted by atomic mass is 16.5. The number of nitrogens with zero attached hydrogens (tertiary/aromatic N) is 1. The number of ether oxygens (including phenoxy) is 1. The van der Waals surface area contributed by atoms with Crippen LogP contribution in [0.5, 0.6) is 0 Å². The zero-order valence-electron chi connectivity index (χ0n) is 26.1. The van der Waals surface area contributed by atoms with E-state index in [4.69, 9.17) is 9.26 Å². The fourth-order valence-electron chi connectivity index (χ4n) is 5.55. The number of esters is 1. The molecule has 1 aromatic heterocycles. The van der Waals surface area contributed by atoms with Crippen LogP contribution in [0.2, 0.25) is 0 Å². The van der Waals surface area contributed by atoms with Crippen LogP contribution < -0.4 is 21.3 Å². The highest BCUT2D eigenvalue weighted by Gasteiger charge is 2.34. The molecule has 0 radical (unpaired) electrons. The Hall–Kier alpha value is -4.74. The third-order valence-corrected chi connectivity index (χ3v) is 7.85. The van der Waals surface area contributed by atoms with E-state index < -0.39 is 47.7 Å². The maximum absolute atomic E-state index is 13.9. The number of rotatable bonds is 13. The Balaban J connectivity index is 1.56. The van der Waals surface area contributed by atoms with E-state index in [0.717, 1.165) is 22.8 Å². The quantitative estimate of drug-likeness (QED) is 0.212. The van der Waals surface area contributed by atoms with Gasteiger partial charge in [-0.2, -0.15) is 0 Å². The zero-order chi connectivity index (χ0) is 32.5. The molecular weight excluding hydrogens is 578 g/mol. The molecule has 4 atom stereocenters. The first-order valence-electron chi connectivity index (χ1n) is 15.2. The van der Waals surface area contributed by atoms with Crippen LogP contribution in [0.3, 0.4) is 0 Å². The zero-order valence-corrected chi connectivity index (χ0v) is 26.1. The van der Waals surface area contributed by atoms with Gasteiger partial charge in [-0.3, -0.25) is 19.2 Å². The molecular formula is C33H41N5O7. The lowest BCUT2D eigenvalue weighted by Gasteiger charge is -2.28. The van der Waals surface area contributed by atoms with Crippen molar-refractivity contribution in [2.24, 2.45) is 11.8 Å². The summed E-state index contributed by atoms with van der Waals surface area (Å²) < 4.78 is 9.97. The molecule has 1 fully saturated rings. The van der Waals surface area contributed by atoms with Crippen LogP contribution in [-0.4, -0.2) is 66.5 Å². The smallest absolute Gasteiger partial charge is 0.328 e. The van der Waals surface area contributed by atoms with Crippen molar-refractivity contribution in [3.8, 4) is 0 Å². The summed E-state index contributed by atoms with van der Waals surface area (Å²) in [4.78, 5) is 65.7. The largest absolute Gasteiger partial charge is 0.467 e. The molecule has 0 bridgehead atoms. The number of piperidine rings is 1. The Kier molecular flexibility index (Phi) is 11.3. The number of carbonyl (C=O) groups excluding carboxylic acids is 5. The van der Waals surface area contributed by atoms with Crippen LogP contribution in [0.4, 0.5) is 0 Å². The van der Waals surface area contributed by atoms with E-state index in [-0.39, 0.29) is 36.8 Å². The third kappa shape index (κ3) is 8.90. The summed E-state index contributed by atoms with van der Waals surface area (Å²) in [5.74, 6) is -2.66. The molecule has 0 aliphatic carbocycles. The van der Waals surface area contributed by atoms with Gasteiger partial charge in [-0.25, -0.2) is 4.79 Å². The molecule has 4 rings (SSSR count). The molecule has 12 nitrogen and oxygen atoms in total. The van der Waals surface area contributed by atoms with E-state index in [1.165, 1.54) is 13.2 Å². The van der Waals surface area contributed by atoms with Crippen molar-refractivity contribution in [3.63, 3.8) is 0 Å². The molecule has 1 aliphatic rings. The predicted octanol–water partition coefficient (Wildman–Crippen LogP) is 2.58. The maximum Gasteiger partial charge on any atom is 0.328 e. The summed E-state index contributed by atoms with van der Waals surface area (Å²) in [5, 5.41) is 16.7. The monoisotopic (exact) mass is 619 g/mol. The average Bonchev–Trinajstić information content (AvgIpc) is 3.46. The van der Waals surface area contributed by atoms with E-state index in [9.17, 15) is 24.0 Å². The highest BCUT2D eigenvalue weighted by Crippen LogP contribution is 2.21. The summed E-state index contributed by atoms with van der Waals surface area (Å²) in [6.45, 7) is 6.03. The molecule has 1 unspecified atom stereocenters. The minimum atomic E-state index is -1.08. The summed E-state index contributed by atoms with van der Waals surface area (Å²) >= 11 is 0. The van der Waals surface area contributed by atoms with E-state index in [1.807, 2.05) is 56.3 Å². The Bertz CT molecular complexity index is 1530. The van der Waals surface area contributed by atoms with Crippen molar-refractivity contribution in [2.45, 2.75) is 71.0 Å². The first-order valence-corrected chi connectivity index (χ1v) is 15.2. The SMILES string of the molecule is COC(=O)[C@H](C[C@@H]1CCCNC1=O)NC(=O)C(CC(C)C)NC(=O)[C@H](Cc1cccc2ccccc12)NC(=O)c1cc(C)on1. The van der Waals surface area contributed by atoms with Crippen molar-refractivity contribution in [1.29, 1.82) is 0 Å². The number of aromatic nitrogens is 1. The van der Waals surface area contributed by atoms with Crippen LogP contribution in [0.1, 0.15) is 61.3 Å². The molecule has 45 heavy (non-hydrogen) atoms. The number of nitrogens with one attached hydrogen (secondary N) is 4. The summed E-state index contributed by atoms with van der Waals surface area (Å²) in [6.07, 6.45) is 1.81. The number of aryl methyl sites for hydroxylation is 1. The molecule has 3 aromatic rings. The molecule has 1 saturated heterocycles. The molecule has 240 valence electrons. The van der Waals surface area contributed by atoms with Gasteiger partial charge in [0.25, 0.3) is 5.91 Å². The number of benzene rings is 2. The van der Waals surface area contributed by atoms with Crippen LogP contribution >= 0.6 is 0 Å². The topological polar surface area (TPSA) is 169 Å². The van der Waals surface area contributed by atoms with Crippen molar-refractivity contribution >= 4 is 40.4 Å². The van der Waals surface area contributed by atoms with Crippen molar-refractivity contribution in [2.75, 3.05) is 13.7 Å². The molecule has 2 heterocycles. The first kappa shape index (κ1) is 33.2. The summed E-state index contributed by atoms with van der Waals surface area (Å²) in [7, 11) is 1.22. The molecule has 4 amide bonds. The molecule has 0 saturated carbocycles. The predicted molar refractivity (Wildman–Crippen MR) is 166 cm³/mol. The number of hydrogen-bond acceptors (Lipinski definition) is 8. The van der Waals surface area contributed by atoms with E-state index in [1.54, 1.807) is 6.92 Å². The maximum atomic E-state index is 13.9. The van der Waals surface area contributed by atoms with Crippen molar-refractivity contribution in [3.05, 3.63) is 65.5 Å².